The van der Waals surface area contributed by atoms with Gasteiger partial charge < -0.3 is 37.8 Å². The summed E-state index contributed by atoms with van der Waals surface area (Å²) in [5.74, 6) is -1.46. The third-order valence-corrected chi connectivity index (χ3v) is 6.39. The highest BCUT2D eigenvalue weighted by Gasteiger charge is 2.30. The molecule has 0 radical (unpaired) electrons. The highest BCUT2D eigenvalue weighted by molar-refractivity contribution is 5.99. The van der Waals surface area contributed by atoms with Crippen molar-refractivity contribution in [3.8, 4) is 5.75 Å². The van der Waals surface area contributed by atoms with Gasteiger partial charge in [0.05, 0.1) is 6.04 Å². The lowest BCUT2D eigenvalue weighted by atomic mass is 9.78. The van der Waals surface area contributed by atoms with Gasteiger partial charge in [0.15, 0.2) is 17.7 Å². The van der Waals surface area contributed by atoms with Crippen molar-refractivity contribution in [3.63, 3.8) is 0 Å². The van der Waals surface area contributed by atoms with Gasteiger partial charge in [0.2, 0.25) is 5.91 Å². The summed E-state index contributed by atoms with van der Waals surface area (Å²) in [4.78, 5) is 39.1. The normalized spacial score (nSPS) is 13.1. The standard InChI is InChI=1S/C28H48N8O4/c1-16(37)20(10-8-12-33-25(29)30)35-24(40)21(11-9-13-34-26(31)32)36-23(39)17-14-18(27(2,3)4)22(38)19(15-17)28(5,6)7/h14-15,20-21,38H,8-13H2,1-7H3,(H,35,40)(H,36,39)(H4,29,30,33)(H4,31,32,34). The number of hydrogen-bond acceptors (Lipinski definition) is 6. The van der Waals surface area contributed by atoms with E-state index in [4.69, 9.17) is 22.3 Å². The van der Waals surface area contributed by atoms with Crippen molar-refractivity contribution in [1.29, 1.82) is 10.8 Å². The zero-order valence-corrected chi connectivity index (χ0v) is 24.9. The maximum Gasteiger partial charge on any atom is 0.251 e. The lowest BCUT2D eigenvalue weighted by Gasteiger charge is -2.28. The van der Waals surface area contributed by atoms with Crippen LogP contribution in [0.3, 0.4) is 0 Å². The topological polar surface area (TPSA) is 219 Å². The van der Waals surface area contributed by atoms with E-state index in [1.807, 2.05) is 41.5 Å². The van der Waals surface area contributed by atoms with E-state index in [2.05, 4.69) is 21.3 Å². The van der Waals surface area contributed by atoms with E-state index in [1.54, 1.807) is 12.1 Å². The molecule has 1 rings (SSSR count). The number of nitrogens with one attached hydrogen (secondary N) is 6. The van der Waals surface area contributed by atoms with E-state index in [9.17, 15) is 19.5 Å². The first-order chi connectivity index (χ1) is 18.3. The second-order valence-electron chi connectivity index (χ2n) is 12.1. The van der Waals surface area contributed by atoms with Crippen LogP contribution in [-0.4, -0.2) is 59.8 Å². The number of aromatic hydroxyl groups is 1. The van der Waals surface area contributed by atoms with Crippen molar-refractivity contribution in [2.45, 2.75) is 97.1 Å². The number of hydrogen-bond donors (Lipinski definition) is 9. The summed E-state index contributed by atoms with van der Waals surface area (Å²) in [5, 5.41) is 36.5. The van der Waals surface area contributed by atoms with Crippen LogP contribution >= 0.6 is 0 Å². The average molecular weight is 561 g/mol. The number of carbonyl (C=O) groups is 3. The van der Waals surface area contributed by atoms with E-state index < -0.39 is 34.7 Å². The summed E-state index contributed by atoms with van der Waals surface area (Å²) in [6.45, 7) is 13.8. The number of ketones is 1. The minimum absolute atomic E-state index is 0.143. The van der Waals surface area contributed by atoms with Crippen molar-refractivity contribution in [1.82, 2.24) is 21.3 Å². The number of rotatable bonds is 13. The third-order valence-electron chi connectivity index (χ3n) is 6.39. The van der Waals surface area contributed by atoms with Gasteiger partial charge >= 0.3 is 0 Å². The summed E-state index contributed by atoms with van der Waals surface area (Å²) < 4.78 is 0. The van der Waals surface area contributed by atoms with Crippen molar-refractivity contribution >= 4 is 29.5 Å². The monoisotopic (exact) mass is 560 g/mol. The van der Waals surface area contributed by atoms with Gasteiger partial charge in [-0.2, -0.15) is 0 Å². The minimum atomic E-state index is -0.969. The first kappa shape index (κ1) is 34.2. The van der Waals surface area contributed by atoms with Crippen LogP contribution in [0.25, 0.3) is 0 Å². The Bertz CT molecular complexity index is 1050. The number of phenolic OH excluding ortho intramolecular Hbond substituents is 1. The number of guanidine groups is 2. The second kappa shape index (κ2) is 14.5. The van der Waals surface area contributed by atoms with Gasteiger partial charge in [0.25, 0.3) is 5.91 Å². The minimum Gasteiger partial charge on any atom is -0.507 e. The molecule has 40 heavy (non-hydrogen) atoms. The highest BCUT2D eigenvalue weighted by atomic mass is 16.3. The van der Waals surface area contributed by atoms with Gasteiger partial charge in [-0.3, -0.25) is 25.2 Å². The Balaban J connectivity index is 3.25. The molecule has 0 spiro atoms. The summed E-state index contributed by atoms with van der Waals surface area (Å²) in [5.41, 5.74) is 11.3. The third kappa shape index (κ3) is 11.1. The molecule has 1 aromatic rings. The van der Waals surface area contributed by atoms with E-state index >= 15 is 0 Å². The molecule has 0 fully saturated rings. The molecule has 0 aromatic heterocycles. The summed E-state index contributed by atoms with van der Waals surface area (Å²) in [6.07, 6.45) is 1.46. The molecule has 2 atom stereocenters. The molecule has 12 heteroatoms. The summed E-state index contributed by atoms with van der Waals surface area (Å²) >= 11 is 0. The molecule has 2 amide bonds. The van der Waals surface area contributed by atoms with E-state index in [0.29, 0.717) is 49.0 Å². The molecule has 2 unspecified atom stereocenters. The molecule has 12 nitrogen and oxygen atoms in total. The Morgan fingerprint density at radius 3 is 1.62 bits per heavy atom. The fourth-order valence-electron chi connectivity index (χ4n) is 4.13. The van der Waals surface area contributed by atoms with E-state index in [-0.39, 0.29) is 29.9 Å². The lowest BCUT2D eigenvalue weighted by Crippen LogP contribution is -2.51. The number of amides is 2. The van der Waals surface area contributed by atoms with Crippen LogP contribution < -0.4 is 32.7 Å². The van der Waals surface area contributed by atoms with Crippen molar-refractivity contribution in [2.75, 3.05) is 13.1 Å². The first-order valence-electron chi connectivity index (χ1n) is 13.5. The second-order valence-corrected chi connectivity index (χ2v) is 12.1. The molecule has 0 bridgehead atoms. The number of benzene rings is 1. The number of carbonyl (C=O) groups excluding carboxylic acids is 3. The first-order valence-corrected chi connectivity index (χ1v) is 13.5. The van der Waals surface area contributed by atoms with Gasteiger partial charge in [-0.05, 0) is 55.6 Å². The van der Waals surface area contributed by atoms with Crippen LogP contribution in [0.2, 0.25) is 0 Å². The zero-order chi connectivity index (χ0) is 30.8. The molecule has 0 aliphatic heterocycles. The van der Waals surface area contributed by atoms with Gasteiger partial charge in [0, 0.05) is 29.8 Å². The van der Waals surface area contributed by atoms with Gasteiger partial charge in [-0.1, -0.05) is 41.5 Å². The smallest absolute Gasteiger partial charge is 0.251 e. The van der Waals surface area contributed by atoms with Crippen LogP contribution in [-0.2, 0) is 20.4 Å². The van der Waals surface area contributed by atoms with Crippen molar-refractivity contribution in [3.05, 3.63) is 28.8 Å². The molecule has 11 N–H and O–H groups in total. The molecule has 0 saturated heterocycles. The summed E-state index contributed by atoms with van der Waals surface area (Å²) in [6, 6.07) is 1.55. The predicted octanol–water partition coefficient (Wildman–Crippen LogP) is 1.69. The predicted molar refractivity (Wildman–Crippen MR) is 158 cm³/mol. The van der Waals surface area contributed by atoms with Crippen LogP contribution in [0.4, 0.5) is 0 Å². The number of nitrogens with two attached hydrogens (primary N) is 2. The van der Waals surface area contributed by atoms with Crippen LogP contribution in [0, 0.1) is 10.8 Å². The lowest BCUT2D eigenvalue weighted by molar-refractivity contribution is -0.128. The largest absolute Gasteiger partial charge is 0.507 e. The maximum atomic E-state index is 13.5. The summed E-state index contributed by atoms with van der Waals surface area (Å²) in [7, 11) is 0. The fourth-order valence-corrected chi connectivity index (χ4v) is 4.13. The molecule has 0 heterocycles. The van der Waals surface area contributed by atoms with Crippen molar-refractivity contribution < 1.29 is 19.5 Å². The Morgan fingerprint density at radius 1 is 0.825 bits per heavy atom. The van der Waals surface area contributed by atoms with Gasteiger partial charge in [-0.15, -0.1) is 0 Å². The molecular weight excluding hydrogens is 512 g/mol. The zero-order valence-electron chi connectivity index (χ0n) is 24.9. The molecule has 0 aliphatic rings. The van der Waals surface area contributed by atoms with Crippen molar-refractivity contribution in [2.24, 2.45) is 11.5 Å². The SMILES string of the molecule is CC(=O)C(CCCNC(=N)N)NC(=O)C(CCCNC(=N)N)NC(=O)c1cc(C(C)(C)C)c(O)c(C(C)(C)C)c1. The number of phenols is 1. The molecule has 0 saturated carbocycles. The van der Waals surface area contributed by atoms with E-state index in [1.165, 1.54) is 6.92 Å². The average Bonchev–Trinajstić information content (AvgIpc) is 2.80. The molecule has 1 aromatic carbocycles. The Labute approximate surface area is 237 Å². The highest BCUT2D eigenvalue weighted by Crippen LogP contribution is 2.39. The van der Waals surface area contributed by atoms with E-state index in [0.717, 1.165) is 0 Å². The Morgan fingerprint density at radius 2 is 1.25 bits per heavy atom. The Hall–Kier alpha value is -3.83. The Kier molecular flexibility index (Phi) is 12.4. The fraction of sp³-hybridized carbons (Fsp3) is 0.607. The number of Topliss-reactive ketones (excluding diaryl/α,β-unsaturated/α-hetero) is 1. The van der Waals surface area contributed by atoms with Crippen LogP contribution in [0.15, 0.2) is 12.1 Å². The van der Waals surface area contributed by atoms with Gasteiger partial charge in [-0.25, -0.2) is 0 Å². The quantitative estimate of drug-likeness (QED) is 0.0979. The van der Waals surface area contributed by atoms with Gasteiger partial charge in [0.1, 0.15) is 11.8 Å². The molecular formula is C28H48N8O4. The van der Waals surface area contributed by atoms with Crippen LogP contribution in [0.5, 0.6) is 5.75 Å². The molecule has 224 valence electrons. The van der Waals surface area contributed by atoms with Crippen LogP contribution in [0.1, 0.15) is 95.6 Å². The molecule has 0 aliphatic carbocycles. The maximum absolute atomic E-state index is 13.5.